The Balaban J connectivity index is 1.75. The number of hydrogen-bond acceptors (Lipinski definition) is 4. The number of para-hydroxylation sites is 1. The summed E-state index contributed by atoms with van der Waals surface area (Å²) in [7, 11) is 1.88. The zero-order valence-corrected chi connectivity index (χ0v) is 17.0. The maximum Gasteiger partial charge on any atom is 0.286 e. The van der Waals surface area contributed by atoms with Crippen LogP contribution in [0.3, 0.4) is 0 Å². The predicted molar refractivity (Wildman–Crippen MR) is 110 cm³/mol. The zero-order chi connectivity index (χ0) is 19.5. The Bertz CT molecular complexity index is 1040. The molecule has 4 rings (SSSR count). The van der Waals surface area contributed by atoms with Gasteiger partial charge in [-0.1, -0.05) is 30.4 Å². The average molecular weight is 442 g/mol. The molecule has 1 aromatic heterocycles. The lowest BCUT2D eigenvalue weighted by atomic mass is 10.1. The molecule has 2 heterocycles. The molecule has 1 aliphatic heterocycles. The van der Waals surface area contributed by atoms with E-state index < -0.39 is 0 Å². The number of allylic oxidation sites excluding steroid dienone is 4. The van der Waals surface area contributed by atoms with E-state index in [4.69, 9.17) is 9.47 Å². The number of rotatable bonds is 5. The van der Waals surface area contributed by atoms with Crippen molar-refractivity contribution in [2.24, 2.45) is 7.05 Å². The molecule has 0 saturated carbocycles. The summed E-state index contributed by atoms with van der Waals surface area (Å²) < 4.78 is 15.0. The van der Waals surface area contributed by atoms with Crippen molar-refractivity contribution in [3.63, 3.8) is 0 Å². The average Bonchev–Trinajstić information content (AvgIpc) is 2.96. The fraction of sp³-hybridized carbons (Fsp3) is 0.190. The van der Waals surface area contributed by atoms with Gasteiger partial charge >= 0.3 is 0 Å². The van der Waals surface area contributed by atoms with Crippen molar-refractivity contribution in [1.29, 1.82) is 0 Å². The molecule has 0 atom stereocenters. The van der Waals surface area contributed by atoms with Gasteiger partial charge in [-0.3, -0.25) is 9.48 Å². The van der Waals surface area contributed by atoms with Crippen LogP contribution in [0, 0.1) is 0 Å². The second kappa shape index (κ2) is 7.98. The molecular formula is C21H20BrN3O3. The van der Waals surface area contributed by atoms with Crippen molar-refractivity contribution in [3.8, 4) is 5.69 Å². The fourth-order valence-corrected chi connectivity index (χ4v) is 3.86. The van der Waals surface area contributed by atoms with Gasteiger partial charge in [-0.2, -0.15) is 0 Å². The summed E-state index contributed by atoms with van der Waals surface area (Å²) in [6.45, 7) is 0.453. The Hall–Kier alpha value is -2.93. The maximum absolute atomic E-state index is 12.9. The summed E-state index contributed by atoms with van der Waals surface area (Å²) in [5.74, 6) is 0.580. The lowest BCUT2D eigenvalue weighted by molar-refractivity contribution is 0.157. The molecular weight excluding hydrogens is 422 g/mol. The SMILES string of the molecule is Cn1c(CN(C2=CC=CCC2)C2=COC=CO2)c(Br)c(=O)n1-c1ccccc1. The van der Waals surface area contributed by atoms with E-state index in [1.54, 1.807) is 10.9 Å². The van der Waals surface area contributed by atoms with Gasteiger partial charge in [-0.15, -0.1) is 0 Å². The van der Waals surface area contributed by atoms with Crippen LogP contribution in [0.5, 0.6) is 0 Å². The summed E-state index contributed by atoms with van der Waals surface area (Å²) in [6.07, 6.45) is 12.6. The summed E-state index contributed by atoms with van der Waals surface area (Å²) in [5, 5.41) is 0. The number of hydrogen-bond donors (Lipinski definition) is 0. The third kappa shape index (κ3) is 3.45. The van der Waals surface area contributed by atoms with Crippen LogP contribution in [0.15, 0.2) is 88.2 Å². The highest BCUT2D eigenvalue weighted by Crippen LogP contribution is 2.28. The highest BCUT2D eigenvalue weighted by atomic mass is 79.9. The van der Waals surface area contributed by atoms with Crippen molar-refractivity contribution in [2.45, 2.75) is 19.4 Å². The molecule has 0 N–H and O–H groups in total. The molecule has 0 saturated heterocycles. The van der Waals surface area contributed by atoms with E-state index in [1.807, 2.05) is 53.0 Å². The Morgan fingerprint density at radius 2 is 2.04 bits per heavy atom. The van der Waals surface area contributed by atoms with Crippen LogP contribution < -0.4 is 5.56 Å². The second-order valence-electron chi connectivity index (χ2n) is 6.43. The molecule has 1 aliphatic carbocycles. The van der Waals surface area contributed by atoms with E-state index >= 15 is 0 Å². The molecule has 1 aromatic carbocycles. The predicted octanol–water partition coefficient (Wildman–Crippen LogP) is 4.29. The molecule has 0 fully saturated rings. The lowest BCUT2D eigenvalue weighted by Gasteiger charge is -2.30. The normalized spacial score (nSPS) is 15.5. The number of ether oxygens (including phenoxy) is 2. The Morgan fingerprint density at radius 3 is 2.71 bits per heavy atom. The minimum absolute atomic E-state index is 0.101. The van der Waals surface area contributed by atoms with Crippen LogP contribution >= 0.6 is 15.9 Å². The van der Waals surface area contributed by atoms with Gasteiger partial charge in [-0.05, 0) is 47.0 Å². The molecule has 0 spiro atoms. The number of aromatic nitrogens is 2. The minimum atomic E-state index is -0.101. The van der Waals surface area contributed by atoms with Crippen LogP contribution in [0.2, 0.25) is 0 Å². The van der Waals surface area contributed by atoms with Gasteiger partial charge in [0.2, 0.25) is 5.88 Å². The van der Waals surface area contributed by atoms with E-state index in [9.17, 15) is 4.79 Å². The Kier molecular flexibility index (Phi) is 5.25. The first kappa shape index (κ1) is 18.4. The van der Waals surface area contributed by atoms with E-state index in [0.29, 0.717) is 16.9 Å². The van der Waals surface area contributed by atoms with Crippen LogP contribution in [-0.2, 0) is 23.1 Å². The van der Waals surface area contributed by atoms with Gasteiger partial charge < -0.3 is 14.4 Å². The standard InChI is InChI=1S/C21H20BrN3O3/c1-23-18(20(22)21(26)25(23)17-10-6-3-7-11-17)14-24(16-8-4-2-5-9-16)19-15-27-12-13-28-19/h2-4,6-8,10-13,15H,5,9,14H2,1H3. The largest absolute Gasteiger partial charge is 0.464 e. The topological polar surface area (TPSA) is 48.6 Å². The van der Waals surface area contributed by atoms with Gasteiger partial charge in [0.05, 0.1) is 17.9 Å². The van der Waals surface area contributed by atoms with E-state index in [0.717, 1.165) is 29.9 Å². The van der Waals surface area contributed by atoms with Gasteiger partial charge in [0, 0.05) is 12.7 Å². The minimum Gasteiger partial charge on any atom is -0.464 e. The van der Waals surface area contributed by atoms with Crippen molar-refractivity contribution in [3.05, 3.63) is 99.4 Å². The first-order valence-electron chi connectivity index (χ1n) is 8.99. The van der Waals surface area contributed by atoms with Crippen molar-refractivity contribution in [1.82, 2.24) is 14.3 Å². The second-order valence-corrected chi connectivity index (χ2v) is 7.22. The summed E-state index contributed by atoms with van der Waals surface area (Å²) in [5.41, 5.74) is 2.64. The number of benzene rings is 1. The van der Waals surface area contributed by atoms with E-state index in [2.05, 4.69) is 28.1 Å². The monoisotopic (exact) mass is 441 g/mol. The van der Waals surface area contributed by atoms with Crippen LogP contribution in [0.25, 0.3) is 5.69 Å². The molecule has 0 radical (unpaired) electrons. The van der Waals surface area contributed by atoms with Gasteiger partial charge in [0.25, 0.3) is 5.56 Å². The van der Waals surface area contributed by atoms with E-state index in [-0.39, 0.29) is 5.56 Å². The van der Waals surface area contributed by atoms with Crippen LogP contribution in [-0.4, -0.2) is 14.3 Å². The third-order valence-electron chi connectivity index (χ3n) is 4.73. The molecule has 0 bridgehead atoms. The number of nitrogens with zero attached hydrogens (tertiary/aromatic N) is 3. The van der Waals surface area contributed by atoms with Crippen molar-refractivity contribution < 1.29 is 9.47 Å². The quantitative estimate of drug-likeness (QED) is 0.694. The summed E-state index contributed by atoms with van der Waals surface area (Å²) in [6, 6.07) is 9.58. The molecule has 144 valence electrons. The van der Waals surface area contributed by atoms with Crippen molar-refractivity contribution in [2.75, 3.05) is 0 Å². The molecule has 2 aliphatic rings. The zero-order valence-electron chi connectivity index (χ0n) is 15.4. The molecule has 6 nitrogen and oxygen atoms in total. The van der Waals surface area contributed by atoms with Gasteiger partial charge in [-0.25, -0.2) is 4.68 Å². The molecule has 0 amide bonds. The third-order valence-corrected chi connectivity index (χ3v) is 5.53. The first-order valence-corrected chi connectivity index (χ1v) is 9.78. The highest BCUT2D eigenvalue weighted by Gasteiger charge is 2.24. The van der Waals surface area contributed by atoms with E-state index in [1.165, 1.54) is 12.5 Å². The summed E-state index contributed by atoms with van der Waals surface area (Å²) in [4.78, 5) is 14.9. The Labute approximate surface area is 171 Å². The van der Waals surface area contributed by atoms with Crippen LogP contribution in [0.4, 0.5) is 0 Å². The maximum atomic E-state index is 12.9. The lowest BCUT2D eigenvalue weighted by Crippen LogP contribution is -2.26. The first-order chi connectivity index (χ1) is 13.7. The molecule has 7 heteroatoms. The molecule has 2 aromatic rings. The van der Waals surface area contributed by atoms with Crippen LogP contribution in [0.1, 0.15) is 18.5 Å². The van der Waals surface area contributed by atoms with Gasteiger partial charge in [0.15, 0.2) is 6.26 Å². The van der Waals surface area contributed by atoms with Crippen molar-refractivity contribution >= 4 is 15.9 Å². The molecule has 28 heavy (non-hydrogen) atoms. The molecule has 0 unspecified atom stereocenters. The van der Waals surface area contributed by atoms with Gasteiger partial charge in [0.1, 0.15) is 17.0 Å². The fourth-order valence-electron chi connectivity index (χ4n) is 3.31. The summed E-state index contributed by atoms with van der Waals surface area (Å²) >= 11 is 3.51. The number of halogens is 1. The highest BCUT2D eigenvalue weighted by molar-refractivity contribution is 9.10. The smallest absolute Gasteiger partial charge is 0.286 e. The Morgan fingerprint density at radius 1 is 1.21 bits per heavy atom.